The molecule has 0 aliphatic carbocycles. The van der Waals surface area contributed by atoms with Gasteiger partial charge in [-0.05, 0) is 51.2 Å². The minimum atomic E-state index is -2.53. The zero-order valence-corrected chi connectivity index (χ0v) is 16.4. The maximum Gasteiger partial charge on any atom is 0.506 e. The molecule has 3 rings (SSSR count). The van der Waals surface area contributed by atoms with Crippen LogP contribution in [0.1, 0.15) is 17.0 Å². The SMILES string of the molecule is O=C(N/C=C/c1ccccc1F)C(C[P+](=O)O)c1csc2ccc(Cl)cc12. The van der Waals surface area contributed by atoms with Crippen LogP contribution in [0.25, 0.3) is 16.2 Å². The van der Waals surface area contributed by atoms with Gasteiger partial charge in [0.2, 0.25) is 5.91 Å². The minimum Gasteiger partial charge on any atom is -0.332 e. The molecule has 0 spiro atoms. The second-order valence-corrected chi connectivity index (χ2v) is 8.20. The van der Waals surface area contributed by atoms with E-state index in [-0.39, 0.29) is 6.16 Å². The van der Waals surface area contributed by atoms with Crippen molar-refractivity contribution in [2.24, 2.45) is 0 Å². The quantitative estimate of drug-likeness (QED) is 0.530. The number of amides is 1. The molecule has 0 aliphatic heterocycles. The van der Waals surface area contributed by atoms with Crippen molar-refractivity contribution in [3.8, 4) is 0 Å². The molecule has 0 bridgehead atoms. The van der Waals surface area contributed by atoms with Gasteiger partial charge in [0.1, 0.15) is 11.7 Å². The molecule has 0 aliphatic rings. The van der Waals surface area contributed by atoms with Crippen molar-refractivity contribution in [1.82, 2.24) is 5.32 Å². The van der Waals surface area contributed by atoms with Gasteiger partial charge in [0.15, 0.2) is 6.16 Å². The highest BCUT2D eigenvalue weighted by Gasteiger charge is 2.31. The lowest BCUT2D eigenvalue weighted by molar-refractivity contribution is -0.121. The summed E-state index contributed by atoms with van der Waals surface area (Å²) >= 11 is 7.49. The molecule has 1 aromatic heterocycles. The summed E-state index contributed by atoms with van der Waals surface area (Å²) in [7, 11) is -2.53. The van der Waals surface area contributed by atoms with E-state index in [0.717, 1.165) is 10.1 Å². The largest absolute Gasteiger partial charge is 0.506 e. The molecule has 3 aromatic rings. The number of benzene rings is 2. The van der Waals surface area contributed by atoms with Crippen LogP contribution in [0.4, 0.5) is 4.39 Å². The molecule has 138 valence electrons. The summed E-state index contributed by atoms with van der Waals surface area (Å²) in [6.45, 7) is 0. The Labute approximate surface area is 165 Å². The zero-order chi connectivity index (χ0) is 19.4. The van der Waals surface area contributed by atoms with Crippen LogP contribution in [0.15, 0.2) is 54.0 Å². The fourth-order valence-corrected chi connectivity index (χ4v) is 4.54. The third kappa shape index (κ3) is 4.79. The number of carbonyl (C=O) groups excluding carboxylic acids is 1. The van der Waals surface area contributed by atoms with E-state index < -0.39 is 25.7 Å². The molecule has 0 saturated heterocycles. The number of nitrogens with one attached hydrogen (secondary N) is 1. The maximum atomic E-state index is 13.6. The van der Waals surface area contributed by atoms with Crippen molar-refractivity contribution in [3.05, 3.63) is 76.0 Å². The highest BCUT2D eigenvalue weighted by atomic mass is 35.5. The first kappa shape index (κ1) is 19.6. The minimum absolute atomic E-state index is 0.215. The Hall–Kier alpha value is -2.11. The van der Waals surface area contributed by atoms with Gasteiger partial charge in [0.05, 0.1) is 0 Å². The Kier molecular flexibility index (Phi) is 6.34. The molecule has 27 heavy (non-hydrogen) atoms. The van der Waals surface area contributed by atoms with Gasteiger partial charge in [-0.25, -0.2) is 4.39 Å². The van der Waals surface area contributed by atoms with Gasteiger partial charge in [0.25, 0.3) is 0 Å². The zero-order valence-electron chi connectivity index (χ0n) is 13.9. The second-order valence-electron chi connectivity index (χ2n) is 5.78. The number of hydrogen-bond donors (Lipinski definition) is 2. The van der Waals surface area contributed by atoms with Gasteiger partial charge >= 0.3 is 8.03 Å². The average molecular weight is 423 g/mol. The maximum absolute atomic E-state index is 13.6. The van der Waals surface area contributed by atoms with Crippen molar-refractivity contribution in [1.29, 1.82) is 0 Å². The lowest BCUT2D eigenvalue weighted by atomic mass is 9.99. The molecule has 1 heterocycles. The average Bonchev–Trinajstić information content (AvgIpc) is 3.03. The standard InChI is InChI=1S/C19H14ClFNO3PS/c20-13-5-6-18-14(9-13)16(11-27-18)15(10-26(24)25)19(23)22-8-7-12-3-1-2-4-17(12)21/h1-9,11,15H,10H2,(H-,22,23,24,25)/p+1/b8-7+. The summed E-state index contributed by atoms with van der Waals surface area (Å²) < 4.78 is 26.0. The van der Waals surface area contributed by atoms with Crippen molar-refractivity contribution in [2.45, 2.75) is 5.92 Å². The number of fused-ring (bicyclic) bond motifs is 1. The first-order valence-electron chi connectivity index (χ1n) is 7.97. The first-order valence-corrected chi connectivity index (χ1v) is 10.6. The molecular weight excluding hydrogens is 408 g/mol. The van der Waals surface area contributed by atoms with Crippen molar-refractivity contribution >= 4 is 53.0 Å². The van der Waals surface area contributed by atoms with E-state index in [4.69, 9.17) is 11.6 Å². The smallest absolute Gasteiger partial charge is 0.332 e. The van der Waals surface area contributed by atoms with Crippen LogP contribution in [-0.4, -0.2) is 17.0 Å². The molecule has 4 nitrogen and oxygen atoms in total. The van der Waals surface area contributed by atoms with E-state index in [1.807, 2.05) is 6.07 Å². The molecule has 0 radical (unpaired) electrons. The van der Waals surface area contributed by atoms with Crippen LogP contribution in [0, 0.1) is 5.82 Å². The molecule has 0 saturated carbocycles. The molecule has 2 aromatic carbocycles. The van der Waals surface area contributed by atoms with E-state index >= 15 is 0 Å². The van der Waals surface area contributed by atoms with Gasteiger partial charge in [-0.3, -0.25) is 4.79 Å². The van der Waals surface area contributed by atoms with Gasteiger partial charge in [0, 0.05) is 21.5 Å². The number of hydrogen-bond acceptors (Lipinski definition) is 3. The molecule has 8 heteroatoms. The first-order chi connectivity index (χ1) is 13.0. The molecular formula is C19H15ClFNO3PS+. The van der Waals surface area contributed by atoms with E-state index in [1.54, 1.807) is 35.7 Å². The van der Waals surface area contributed by atoms with Crippen LogP contribution in [-0.2, 0) is 9.36 Å². The lowest BCUT2D eigenvalue weighted by Crippen LogP contribution is -2.26. The van der Waals surface area contributed by atoms with Gasteiger partial charge in [-0.2, -0.15) is 4.89 Å². The van der Waals surface area contributed by atoms with Gasteiger partial charge < -0.3 is 5.32 Å². The van der Waals surface area contributed by atoms with Crippen LogP contribution >= 0.6 is 31.0 Å². The number of rotatable bonds is 6. The Balaban J connectivity index is 1.85. The topological polar surface area (TPSA) is 66.4 Å². The van der Waals surface area contributed by atoms with E-state index in [1.165, 1.54) is 29.7 Å². The highest BCUT2D eigenvalue weighted by Crippen LogP contribution is 2.36. The molecule has 2 unspecified atom stereocenters. The highest BCUT2D eigenvalue weighted by molar-refractivity contribution is 7.38. The van der Waals surface area contributed by atoms with Crippen molar-refractivity contribution in [2.75, 3.05) is 6.16 Å². The van der Waals surface area contributed by atoms with Crippen LogP contribution in [0.3, 0.4) is 0 Å². The molecule has 0 fully saturated rings. The number of carbonyl (C=O) groups is 1. The Morgan fingerprint density at radius 3 is 2.85 bits per heavy atom. The Morgan fingerprint density at radius 1 is 1.33 bits per heavy atom. The summed E-state index contributed by atoms with van der Waals surface area (Å²) in [5.41, 5.74) is 0.974. The summed E-state index contributed by atoms with van der Waals surface area (Å²) in [5.74, 6) is -1.67. The molecule has 1 amide bonds. The Bertz CT molecular complexity index is 1040. The summed E-state index contributed by atoms with van der Waals surface area (Å²) in [4.78, 5) is 22.0. The third-order valence-corrected chi connectivity index (χ3v) is 5.88. The predicted octanol–water partition coefficient (Wildman–Crippen LogP) is 5.30. The predicted molar refractivity (Wildman–Crippen MR) is 108 cm³/mol. The summed E-state index contributed by atoms with van der Waals surface area (Å²) in [5, 5.41) is 5.68. The third-order valence-electron chi connectivity index (χ3n) is 3.99. The lowest BCUT2D eigenvalue weighted by Gasteiger charge is -2.10. The van der Waals surface area contributed by atoms with Crippen LogP contribution in [0.5, 0.6) is 0 Å². The Morgan fingerprint density at radius 2 is 2.11 bits per heavy atom. The van der Waals surface area contributed by atoms with E-state index in [0.29, 0.717) is 16.1 Å². The number of halogens is 2. The van der Waals surface area contributed by atoms with Crippen molar-refractivity contribution < 1.29 is 18.6 Å². The monoisotopic (exact) mass is 422 g/mol. The van der Waals surface area contributed by atoms with Crippen molar-refractivity contribution in [3.63, 3.8) is 0 Å². The van der Waals surface area contributed by atoms with Crippen LogP contribution in [0.2, 0.25) is 5.02 Å². The van der Waals surface area contributed by atoms with Gasteiger partial charge in [-0.1, -0.05) is 29.8 Å². The van der Waals surface area contributed by atoms with E-state index in [2.05, 4.69) is 5.32 Å². The fourth-order valence-electron chi connectivity index (χ4n) is 2.69. The second kappa shape index (κ2) is 8.72. The summed E-state index contributed by atoms with van der Waals surface area (Å²) in [6, 6.07) is 11.5. The molecule has 2 N–H and O–H groups in total. The van der Waals surface area contributed by atoms with E-state index in [9.17, 15) is 18.6 Å². The molecule has 2 atom stereocenters. The van der Waals surface area contributed by atoms with Crippen LogP contribution < -0.4 is 5.32 Å². The normalized spacial score (nSPS) is 13.1. The number of thiophene rings is 1. The summed E-state index contributed by atoms with van der Waals surface area (Å²) in [6.07, 6.45) is 2.55. The van der Waals surface area contributed by atoms with Gasteiger partial charge in [-0.15, -0.1) is 11.3 Å². The fraction of sp³-hybridized carbons (Fsp3) is 0.105.